The molecule has 1 aromatic heterocycles. The SMILES string of the molecule is Cc1[nH]nc(NC(=O)c2ccc3c(c2)C(=O)NC3=O)c1-c1ccc2c(c1)OCCO2. The van der Waals surface area contributed by atoms with E-state index in [9.17, 15) is 14.4 Å². The fourth-order valence-corrected chi connectivity index (χ4v) is 3.56. The van der Waals surface area contributed by atoms with Crippen LogP contribution in [-0.4, -0.2) is 41.1 Å². The first-order valence-electron chi connectivity index (χ1n) is 9.27. The lowest BCUT2D eigenvalue weighted by Crippen LogP contribution is -2.20. The van der Waals surface area contributed by atoms with Gasteiger partial charge in [-0.1, -0.05) is 6.07 Å². The Balaban J connectivity index is 1.46. The number of imide groups is 1. The number of nitrogens with one attached hydrogen (secondary N) is 3. The van der Waals surface area contributed by atoms with Crippen LogP contribution in [0.25, 0.3) is 11.1 Å². The Morgan fingerprint density at radius 3 is 2.60 bits per heavy atom. The van der Waals surface area contributed by atoms with E-state index < -0.39 is 17.7 Å². The van der Waals surface area contributed by atoms with Crippen LogP contribution in [0.4, 0.5) is 5.82 Å². The van der Waals surface area contributed by atoms with Crippen molar-refractivity contribution in [3.63, 3.8) is 0 Å². The Kier molecular flexibility index (Phi) is 4.02. The second-order valence-electron chi connectivity index (χ2n) is 6.93. The lowest BCUT2D eigenvalue weighted by Gasteiger charge is -2.19. The summed E-state index contributed by atoms with van der Waals surface area (Å²) < 4.78 is 11.2. The zero-order valence-electron chi connectivity index (χ0n) is 15.9. The molecule has 0 aliphatic carbocycles. The molecule has 0 unspecified atom stereocenters. The summed E-state index contributed by atoms with van der Waals surface area (Å²) in [6.07, 6.45) is 0. The molecule has 3 aromatic rings. The van der Waals surface area contributed by atoms with Crippen molar-refractivity contribution < 1.29 is 23.9 Å². The number of H-pyrrole nitrogens is 1. The summed E-state index contributed by atoms with van der Waals surface area (Å²) in [5.74, 6) is 0.210. The highest BCUT2D eigenvalue weighted by Crippen LogP contribution is 2.37. The number of hydrogen-bond acceptors (Lipinski definition) is 6. The predicted molar refractivity (Wildman–Crippen MR) is 106 cm³/mol. The third-order valence-electron chi connectivity index (χ3n) is 5.01. The van der Waals surface area contributed by atoms with Gasteiger partial charge in [0.2, 0.25) is 0 Å². The maximum atomic E-state index is 12.8. The summed E-state index contributed by atoms with van der Waals surface area (Å²) in [7, 11) is 0. The van der Waals surface area contributed by atoms with Gasteiger partial charge in [-0.05, 0) is 42.8 Å². The summed E-state index contributed by atoms with van der Waals surface area (Å²) in [4.78, 5) is 36.4. The van der Waals surface area contributed by atoms with Gasteiger partial charge in [0.25, 0.3) is 17.7 Å². The van der Waals surface area contributed by atoms with Crippen molar-refractivity contribution in [2.24, 2.45) is 0 Å². The number of carbonyl (C=O) groups is 3. The number of ether oxygens (including phenoxy) is 2. The van der Waals surface area contributed by atoms with E-state index in [1.54, 1.807) is 0 Å². The van der Waals surface area contributed by atoms with Crippen LogP contribution >= 0.6 is 0 Å². The fraction of sp³-hybridized carbons (Fsp3) is 0.143. The highest BCUT2D eigenvalue weighted by atomic mass is 16.6. The quantitative estimate of drug-likeness (QED) is 0.576. The molecule has 0 saturated heterocycles. The van der Waals surface area contributed by atoms with E-state index in [1.165, 1.54) is 18.2 Å². The van der Waals surface area contributed by atoms with Gasteiger partial charge in [0.05, 0.1) is 11.1 Å². The van der Waals surface area contributed by atoms with Crippen molar-refractivity contribution in [2.45, 2.75) is 6.92 Å². The molecule has 0 bridgehead atoms. The number of benzene rings is 2. The summed E-state index contributed by atoms with van der Waals surface area (Å²) >= 11 is 0. The molecule has 0 atom stereocenters. The Morgan fingerprint density at radius 2 is 1.77 bits per heavy atom. The molecule has 0 spiro atoms. The Morgan fingerprint density at radius 1 is 1.00 bits per heavy atom. The van der Waals surface area contributed by atoms with Gasteiger partial charge in [-0.2, -0.15) is 5.10 Å². The van der Waals surface area contributed by atoms with Crippen LogP contribution in [0.2, 0.25) is 0 Å². The number of nitrogens with zero attached hydrogens (tertiary/aromatic N) is 1. The topological polar surface area (TPSA) is 122 Å². The lowest BCUT2D eigenvalue weighted by atomic mass is 10.0. The standard InChI is InChI=1S/C21H16N4O5/c1-10-17(11-3-5-15-16(9-11)30-7-6-29-15)18(25-24-10)22-19(26)12-2-4-13-14(8-12)21(28)23-20(13)27/h2-5,8-9H,6-7H2,1H3,(H,23,27,28)(H2,22,24,25,26). The first-order valence-corrected chi connectivity index (χ1v) is 9.27. The van der Waals surface area contributed by atoms with Crippen molar-refractivity contribution in [1.29, 1.82) is 0 Å². The molecule has 0 saturated carbocycles. The zero-order chi connectivity index (χ0) is 20.8. The molecular formula is C21H16N4O5. The zero-order valence-corrected chi connectivity index (χ0v) is 15.9. The molecule has 5 rings (SSSR count). The van der Waals surface area contributed by atoms with Crippen molar-refractivity contribution in [2.75, 3.05) is 18.5 Å². The largest absolute Gasteiger partial charge is 0.486 e. The average Bonchev–Trinajstić information content (AvgIpc) is 3.26. The van der Waals surface area contributed by atoms with Crippen LogP contribution in [-0.2, 0) is 0 Å². The number of fused-ring (bicyclic) bond motifs is 2. The first kappa shape index (κ1) is 17.9. The fourth-order valence-electron chi connectivity index (χ4n) is 3.56. The molecule has 0 fully saturated rings. The number of rotatable bonds is 3. The average molecular weight is 404 g/mol. The minimum Gasteiger partial charge on any atom is -0.486 e. The highest BCUT2D eigenvalue weighted by molar-refractivity contribution is 6.22. The van der Waals surface area contributed by atoms with Crippen molar-refractivity contribution in [3.8, 4) is 22.6 Å². The van der Waals surface area contributed by atoms with Crippen LogP contribution in [0.5, 0.6) is 11.5 Å². The minimum atomic E-state index is -0.516. The number of anilines is 1. The summed E-state index contributed by atoms with van der Waals surface area (Å²) in [5.41, 5.74) is 2.96. The third kappa shape index (κ3) is 2.87. The van der Waals surface area contributed by atoms with Crippen molar-refractivity contribution >= 4 is 23.5 Å². The number of carbonyl (C=O) groups excluding carboxylic acids is 3. The van der Waals surface area contributed by atoms with E-state index in [0.29, 0.717) is 30.5 Å². The number of aryl methyl sites for hydroxylation is 1. The van der Waals surface area contributed by atoms with Gasteiger partial charge in [-0.3, -0.25) is 24.8 Å². The molecule has 2 aliphatic heterocycles. The van der Waals surface area contributed by atoms with E-state index in [0.717, 1.165) is 16.8 Å². The molecule has 3 heterocycles. The summed E-state index contributed by atoms with van der Waals surface area (Å²) in [6, 6.07) is 9.88. The molecule has 9 heteroatoms. The van der Waals surface area contributed by atoms with Gasteiger partial charge in [0, 0.05) is 16.8 Å². The van der Waals surface area contributed by atoms with Crippen LogP contribution in [0.1, 0.15) is 36.8 Å². The van der Waals surface area contributed by atoms with E-state index in [4.69, 9.17) is 9.47 Å². The second-order valence-corrected chi connectivity index (χ2v) is 6.93. The summed E-state index contributed by atoms with van der Waals surface area (Å²) in [6.45, 7) is 2.82. The van der Waals surface area contributed by atoms with Crippen LogP contribution < -0.4 is 20.1 Å². The van der Waals surface area contributed by atoms with Gasteiger partial charge in [0.1, 0.15) is 13.2 Å². The first-order chi connectivity index (χ1) is 14.5. The van der Waals surface area contributed by atoms with E-state index in [-0.39, 0.29) is 16.7 Å². The minimum absolute atomic E-state index is 0.179. The van der Waals surface area contributed by atoms with Crippen molar-refractivity contribution in [1.82, 2.24) is 15.5 Å². The number of aromatic nitrogens is 2. The molecule has 150 valence electrons. The van der Waals surface area contributed by atoms with Crippen LogP contribution in [0.15, 0.2) is 36.4 Å². The Hall–Kier alpha value is -4.14. The van der Waals surface area contributed by atoms with Crippen LogP contribution in [0.3, 0.4) is 0 Å². The maximum Gasteiger partial charge on any atom is 0.258 e. The maximum absolute atomic E-state index is 12.8. The number of amides is 3. The third-order valence-corrected chi connectivity index (χ3v) is 5.01. The number of aromatic amines is 1. The molecule has 2 aliphatic rings. The lowest BCUT2D eigenvalue weighted by molar-refractivity contribution is 0.0879. The number of hydrogen-bond donors (Lipinski definition) is 3. The monoisotopic (exact) mass is 404 g/mol. The van der Waals surface area contributed by atoms with Crippen LogP contribution in [0, 0.1) is 6.92 Å². The smallest absolute Gasteiger partial charge is 0.258 e. The molecule has 9 nitrogen and oxygen atoms in total. The molecule has 3 N–H and O–H groups in total. The predicted octanol–water partition coefficient (Wildman–Crippen LogP) is 2.29. The van der Waals surface area contributed by atoms with Crippen molar-refractivity contribution in [3.05, 3.63) is 58.8 Å². The van der Waals surface area contributed by atoms with Gasteiger partial charge < -0.3 is 14.8 Å². The normalized spacial score (nSPS) is 14.3. The van der Waals surface area contributed by atoms with Gasteiger partial charge in [-0.15, -0.1) is 0 Å². The van der Waals surface area contributed by atoms with Gasteiger partial charge in [0.15, 0.2) is 17.3 Å². The molecule has 3 amide bonds. The van der Waals surface area contributed by atoms with Gasteiger partial charge in [-0.25, -0.2) is 0 Å². The molecule has 30 heavy (non-hydrogen) atoms. The Bertz CT molecular complexity index is 1230. The summed E-state index contributed by atoms with van der Waals surface area (Å²) in [5, 5.41) is 12.1. The highest BCUT2D eigenvalue weighted by Gasteiger charge is 2.28. The van der Waals surface area contributed by atoms with E-state index >= 15 is 0 Å². The Labute approximate surface area is 170 Å². The van der Waals surface area contributed by atoms with E-state index in [2.05, 4.69) is 20.8 Å². The molecule has 0 radical (unpaired) electrons. The molecule has 2 aromatic carbocycles. The molecular weight excluding hydrogens is 388 g/mol. The second kappa shape index (κ2) is 6.73. The van der Waals surface area contributed by atoms with Gasteiger partial charge >= 0.3 is 0 Å². The van der Waals surface area contributed by atoms with E-state index in [1.807, 2.05) is 25.1 Å².